The van der Waals surface area contributed by atoms with E-state index in [-0.39, 0.29) is 5.75 Å². The van der Waals surface area contributed by atoms with Gasteiger partial charge in [0, 0.05) is 24.6 Å². The van der Waals surface area contributed by atoms with Gasteiger partial charge in [0.15, 0.2) is 0 Å². The highest BCUT2D eigenvalue weighted by atomic mass is 35.5. The molecule has 0 atom stereocenters. The minimum absolute atomic E-state index is 0.0952. The predicted molar refractivity (Wildman–Crippen MR) is 66.2 cm³/mol. The molecular formula is C10H14ClNO3S. The number of halogens is 1. The third kappa shape index (κ3) is 4.28. The Balaban J connectivity index is 2.61. The zero-order valence-electron chi connectivity index (χ0n) is 9.16. The molecule has 4 nitrogen and oxygen atoms in total. The molecule has 1 rings (SSSR count). The predicted octanol–water partition coefficient (Wildman–Crippen LogP) is 1.81. The van der Waals surface area contributed by atoms with Crippen LogP contribution >= 0.6 is 11.6 Å². The van der Waals surface area contributed by atoms with Crippen molar-refractivity contribution in [3.63, 3.8) is 0 Å². The molecule has 0 aliphatic rings. The summed E-state index contributed by atoms with van der Waals surface area (Å²) >= 11 is 5.85. The molecule has 90 valence electrons. The second kappa shape index (κ2) is 5.41. The molecule has 0 spiro atoms. The average molecular weight is 264 g/mol. The third-order valence-electron chi connectivity index (χ3n) is 1.95. The second-order valence-corrected chi connectivity index (χ2v) is 6.07. The van der Waals surface area contributed by atoms with Crippen molar-refractivity contribution in [2.45, 2.75) is 0 Å². The summed E-state index contributed by atoms with van der Waals surface area (Å²) in [4.78, 5) is 0. The van der Waals surface area contributed by atoms with Crippen molar-refractivity contribution in [1.82, 2.24) is 0 Å². The van der Waals surface area contributed by atoms with Gasteiger partial charge in [0.2, 0.25) is 0 Å². The highest BCUT2D eigenvalue weighted by molar-refractivity contribution is 7.90. The monoisotopic (exact) mass is 263 g/mol. The van der Waals surface area contributed by atoms with Crippen molar-refractivity contribution in [2.75, 3.05) is 31.0 Å². The lowest BCUT2D eigenvalue weighted by Crippen LogP contribution is -2.14. The number of sulfone groups is 1. The number of ether oxygens (including phenoxy) is 1. The maximum atomic E-state index is 10.9. The maximum Gasteiger partial charge on any atom is 0.149 e. The maximum absolute atomic E-state index is 10.9. The van der Waals surface area contributed by atoms with Crippen LogP contribution in [0.15, 0.2) is 18.2 Å². The first-order chi connectivity index (χ1) is 7.42. The number of hydrogen-bond acceptors (Lipinski definition) is 4. The number of rotatable bonds is 5. The van der Waals surface area contributed by atoms with E-state index >= 15 is 0 Å². The van der Waals surface area contributed by atoms with Crippen LogP contribution in [0.2, 0.25) is 5.02 Å². The molecule has 1 aromatic rings. The fourth-order valence-corrected chi connectivity index (χ4v) is 1.82. The lowest BCUT2D eigenvalue weighted by atomic mass is 10.3. The molecule has 0 unspecified atom stereocenters. The van der Waals surface area contributed by atoms with Gasteiger partial charge in [0.25, 0.3) is 0 Å². The fourth-order valence-electron chi connectivity index (χ4n) is 1.15. The summed E-state index contributed by atoms with van der Waals surface area (Å²) in [5.41, 5.74) is 0.782. The lowest BCUT2D eigenvalue weighted by molar-refractivity contribution is 0.415. The van der Waals surface area contributed by atoms with Crippen LogP contribution < -0.4 is 10.1 Å². The summed E-state index contributed by atoms with van der Waals surface area (Å²) in [6.07, 6.45) is 1.21. The van der Waals surface area contributed by atoms with Crippen LogP contribution in [-0.2, 0) is 9.84 Å². The minimum atomic E-state index is -2.94. The van der Waals surface area contributed by atoms with E-state index in [0.29, 0.717) is 17.3 Å². The van der Waals surface area contributed by atoms with Gasteiger partial charge in [-0.3, -0.25) is 0 Å². The summed E-state index contributed by atoms with van der Waals surface area (Å²) in [5.74, 6) is 0.656. The number of anilines is 1. The van der Waals surface area contributed by atoms with Gasteiger partial charge in [-0.15, -0.1) is 0 Å². The molecule has 0 radical (unpaired) electrons. The van der Waals surface area contributed by atoms with Gasteiger partial charge in [-0.1, -0.05) is 11.6 Å². The fraction of sp³-hybridized carbons (Fsp3) is 0.400. The molecular weight excluding hydrogens is 250 g/mol. The topological polar surface area (TPSA) is 55.4 Å². The van der Waals surface area contributed by atoms with E-state index in [1.54, 1.807) is 18.2 Å². The molecule has 0 saturated carbocycles. The molecule has 0 aromatic heterocycles. The van der Waals surface area contributed by atoms with Crippen LogP contribution in [0, 0.1) is 0 Å². The normalized spacial score (nSPS) is 11.2. The van der Waals surface area contributed by atoms with Gasteiger partial charge in [0.1, 0.15) is 15.6 Å². The Bertz CT molecular complexity index is 459. The van der Waals surface area contributed by atoms with Gasteiger partial charge in [-0.05, 0) is 12.1 Å². The van der Waals surface area contributed by atoms with Gasteiger partial charge in [-0.25, -0.2) is 8.42 Å². The molecule has 0 bridgehead atoms. The van der Waals surface area contributed by atoms with Crippen molar-refractivity contribution in [1.29, 1.82) is 0 Å². The molecule has 0 fully saturated rings. The van der Waals surface area contributed by atoms with Crippen molar-refractivity contribution in [3.05, 3.63) is 23.2 Å². The standard InChI is InChI=1S/C10H14ClNO3S/c1-15-10-7-8(3-4-9(10)11)12-5-6-16(2,13)14/h3-4,7,12H,5-6H2,1-2H3. The molecule has 16 heavy (non-hydrogen) atoms. The molecule has 0 amide bonds. The van der Waals surface area contributed by atoms with Crippen LogP contribution in [0.1, 0.15) is 0 Å². The summed E-state index contributed by atoms with van der Waals surface area (Å²) in [7, 11) is -1.41. The molecule has 0 aliphatic heterocycles. The van der Waals surface area contributed by atoms with E-state index in [4.69, 9.17) is 16.3 Å². The van der Waals surface area contributed by atoms with Crippen molar-refractivity contribution in [3.8, 4) is 5.75 Å². The van der Waals surface area contributed by atoms with Crippen LogP contribution in [0.4, 0.5) is 5.69 Å². The average Bonchev–Trinajstić information content (AvgIpc) is 2.18. The van der Waals surface area contributed by atoms with Crippen LogP contribution in [0.25, 0.3) is 0 Å². The molecule has 0 aliphatic carbocycles. The number of nitrogens with one attached hydrogen (secondary N) is 1. The van der Waals surface area contributed by atoms with Gasteiger partial charge >= 0.3 is 0 Å². The Hall–Kier alpha value is -0.940. The van der Waals surface area contributed by atoms with Crippen molar-refractivity contribution >= 4 is 27.1 Å². The molecule has 1 aromatic carbocycles. The Morgan fingerprint density at radius 2 is 2.12 bits per heavy atom. The minimum Gasteiger partial charge on any atom is -0.495 e. The van der Waals surface area contributed by atoms with Crippen molar-refractivity contribution < 1.29 is 13.2 Å². The van der Waals surface area contributed by atoms with Crippen LogP contribution in [-0.4, -0.2) is 34.1 Å². The number of hydrogen-bond donors (Lipinski definition) is 1. The van der Waals surface area contributed by atoms with E-state index in [2.05, 4.69) is 5.32 Å². The first-order valence-electron chi connectivity index (χ1n) is 4.67. The summed E-state index contributed by atoms with van der Waals surface area (Å²) in [6, 6.07) is 5.20. The second-order valence-electron chi connectivity index (χ2n) is 3.41. The molecule has 0 heterocycles. The molecule has 6 heteroatoms. The van der Waals surface area contributed by atoms with Crippen LogP contribution in [0.3, 0.4) is 0 Å². The number of methoxy groups -OCH3 is 1. The van der Waals surface area contributed by atoms with Gasteiger partial charge in [0.05, 0.1) is 17.9 Å². The van der Waals surface area contributed by atoms with E-state index in [0.717, 1.165) is 5.69 Å². The van der Waals surface area contributed by atoms with E-state index in [9.17, 15) is 8.42 Å². The van der Waals surface area contributed by atoms with Gasteiger partial charge in [-0.2, -0.15) is 0 Å². The Labute approximate surface area is 100 Å². The first kappa shape index (κ1) is 13.1. The Morgan fingerprint density at radius 1 is 1.44 bits per heavy atom. The lowest BCUT2D eigenvalue weighted by Gasteiger charge is -2.08. The van der Waals surface area contributed by atoms with E-state index < -0.39 is 9.84 Å². The van der Waals surface area contributed by atoms with E-state index in [1.807, 2.05) is 0 Å². The first-order valence-corrected chi connectivity index (χ1v) is 7.11. The van der Waals surface area contributed by atoms with Crippen LogP contribution in [0.5, 0.6) is 5.75 Å². The summed E-state index contributed by atoms with van der Waals surface area (Å²) in [5, 5.41) is 3.51. The quantitative estimate of drug-likeness (QED) is 0.880. The molecule has 0 saturated heterocycles. The zero-order chi connectivity index (χ0) is 12.2. The highest BCUT2D eigenvalue weighted by Gasteiger charge is 2.04. The van der Waals surface area contributed by atoms with Crippen molar-refractivity contribution in [2.24, 2.45) is 0 Å². The zero-order valence-corrected chi connectivity index (χ0v) is 10.7. The number of benzene rings is 1. The van der Waals surface area contributed by atoms with E-state index in [1.165, 1.54) is 13.4 Å². The highest BCUT2D eigenvalue weighted by Crippen LogP contribution is 2.27. The Kier molecular flexibility index (Phi) is 4.44. The van der Waals surface area contributed by atoms with Gasteiger partial charge < -0.3 is 10.1 Å². The summed E-state index contributed by atoms with van der Waals surface area (Å²) in [6.45, 7) is 0.365. The third-order valence-corrected chi connectivity index (χ3v) is 3.21. The largest absolute Gasteiger partial charge is 0.495 e. The summed E-state index contributed by atoms with van der Waals surface area (Å²) < 4.78 is 26.9. The smallest absolute Gasteiger partial charge is 0.149 e. The molecule has 1 N–H and O–H groups in total. The Morgan fingerprint density at radius 3 is 2.69 bits per heavy atom. The SMILES string of the molecule is COc1cc(NCCS(C)(=O)=O)ccc1Cl.